The van der Waals surface area contributed by atoms with Gasteiger partial charge in [0.2, 0.25) is 0 Å². The van der Waals surface area contributed by atoms with Gasteiger partial charge in [-0.2, -0.15) is 0 Å². The highest BCUT2D eigenvalue weighted by Gasteiger charge is 2.20. The lowest BCUT2D eigenvalue weighted by Gasteiger charge is -2.36. The normalized spacial score (nSPS) is 17.6. The van der Waals surface area contributed by atoms with E-state index in [9.17, 15) is 0 Å². The number of fused-ring (bicyclic) bond motifs is 1. The molecule has 0 bridgehead atoms. The van der Waals surface area contributed by atoms with Gasteiger partial charge < -0.3 is 15.4 Å². The maximum Gasteiger partial charge on any atom is 0.134 e. The van der Waals surface area contributed by atoms with E-state index in [2.05, 4.69) is 25.8 Å². The summed E-state index contributed by atoms with van der Waals surface area (Å²) in [5.41, 5.74) is 8.08. The predicted molar refractivity (Wildman–Crippen MR) is 100 cm³/mol. The molecule has 0 saturated carbocycles. The topological polar surface area (TPSA) is 67.5 Å². The molecule has 0 spiro atoms. The molecule has 2 aromatic rings. The third-order valence-corrected chi connectivity index (χ3v) is 4.78. The number of aromatic nitrogens is 2. The second kappa shape index (κ2) is 6.90. The molecule has 4 rings (SSSR count). The van der Waals surface area contributed by atoms with Gasteiger partial charge in [0.1, 0.15) is 30.3 Å². The first-order chi connectivity index (χ1) is 12.2. The van der Waals surface area contributed by atoms with Crippen molar-refractivity contribution in [3.8, 4) is 5.75 Å². The lowest BCUT2D eigenvalue weighted by molar-refractivity contribution is 0.260. The van der Waals surface area contributed by atoms with E-state index >= 15 is 0 Å². The molecule has 6 nitrogen and oxygen atoms in total. The molecule has 0 aliphatic carbocycles. The third kappa shape index (κ3) is 3.70. The number of hydrogen-bond donors (Lipinski definition) is 1. The van der Waals surface area contributed by atoms with E-state index < -0.39 is 0 Å². The average molecular weight is 358 g/mol. The fraction of sp³-hybridized carbons (Fsp3) is 0.333. The van der Waals surface area contributed by atoms with E-state index in [0.29, 0.717) is 12.4 Å². The Hall–Kier alpha value is -2.31. The molecule has 2 N–H and O–H groups in total. The van der Waals surface area contributed by atoms with Crippen LogP contribution in [0.2, 0.25) is 5.02 Å². The van der Waals surface area contributed by atoms with Crippen molar-refractivity contribution >= 4 is 29.3 Å². The summed E-state index contributed by atoms with van der Waals surface area (Å²) in [6.07, 6.45) is 3.71. The number of hydrogen-bond acceptors (Lipinski definition) is 6. The number of piperazine rings is 1. The Morgan fingerprint density at radius 2 is 1.96 bits per heavy atom. The van der Waals surface area contributed by atoms with E-state index in [1.807, 2.05) is 24.3 Å². The summed E-state index contributed by atoms with van der Waals surface area (Å²) >= 11 is 6.08. The van der Waals surface area contributed by atoms with Crippen molar-refractivity contribution in [3.05, 3.63) is 46.8 Å². The smallest absolute Gasteiger partial charge is 0.134 e. The molecule has 7 heteroatoms. The summed E-state index contributed by atoms with van der Waals surface area (Å²) in [6.45, 7) is 5.34. The van der Waals surface area contributed by atoms with Gasteiger partial charge in [-0.05, 0) is 29.8 Å². The Labute approximate surface area is 151 Å². The fourth-order valence-electron chi connectivity index (χ4n) is 3.24. The number of anilines is 2. The molecular weight excluding hydrogens is 338 g/mol. The number of nitrogen functional groups attached to an aromatic ring is 1. The molecule has 0 radical (unpaired) electrons. The van der Waals surface area contributed by atoms with Gasteiger partial charge in [0, 0.05) is 49.4 Å². The molecule has 1 aromatic heterocycles. The van der Waals surface area contributed by atoms with E-state index in [1.165, 1.54) is 11.9 Å². The second-order valence-electron chi connectivity index (χ2n) is 6.34. The largest absolute Gasteiger partial charge is 0.489 e. The predicted octanol–water partition coefficient (Wildman–Crippen LogP) is 2.31. The van der Waals surface area contributed by atoms with Crippen molar-refractivity contribution in [3.63, 3.8) is 0 Å². The maximum atomic E-state index is 6.08. The zero-order valence-electron chi connectivity index (χ0n) is 13.9. The summed E-state index contributed by atoms with van der Waals surface area (Å²) in [5.74, 6) is 2.31. The van der Waals surface area contributed by atoms with E-state index in [1.54, 1.807) is 0 Å². The van der Waals surface area contributed by atoms with Gasteiger partial charge in [0.25, 0.3) is 0 Å². The Morgan fingerprint density at radius 1 is 1.12 bits per heavy atom. The van der Waals surface area contributed by atoms with Crippen molar-refractivity contribution in [1.82, 2.24) is 14.9 Å². The highest BCUT2D eigenvalue weighted by molar-refractivity contribution is 6.30. The minimum absolute atomic E-state index is 0.509. The summed E-state index contributed by atoms with van der Waals surface area (Å²) in [5, 5.41) is 0.734. The standard InChI is InChI=1S/C18H20ClN5O/c19-15-1-2-16-14(8-15)7-13(11-25-16)10-23-3-5-24(6-4-23)18-9-17(20)21-12-22-18/h1-2,7-9,12H,3-6,10-11H2,(H2,20,21,22). The van der Waals surface area contributed by atoms with E-state index in [-0.39, 0.29) is 0 Å². The zero-order valence-corrected chi connectivity index (χ0v) is 14.6. The number of halogens is 1. The number of rotatable bonds is 3. The molecule has 2 aliphatic heterocycles. The molecule has 130 valence electrons. The van der Waals surface area contributed by atoms with Crippen molar-refractivity contribution < 1.29 is 4.74 Å². The molecule has 25 heavy (non-hydrogen) atoms. The molecule has 1 saturated heterocycles. The summed E-state index contributed by atoms with van der Waals surface area (Å²) < 4.78 is 5.84. The van der Waals surface area contributed by atoms with Gasteiger partial charge in [-0.25, -0.2) is 9.97 Å². The Balaban J connectivity index is 1.37. The first-order valence-corrected chi connectivity index (χ1v) is 8.72. The van der Waals surface area contributed by atoms with Crippen LogP contribution < -0.4 is 15.4 Å². The first kappa shape index (κ1) is 16.2. The molecule has 0 amide bonds. The van der Waals surface area contributed by atoms with Crippen molar-refractivity contribution in [1.29, 1.82) is 0 Å². The summed E-state index contributed by atoms with van der Waals surface area (Å²) in [4.78, 5) is 12.9. The minimum atomic E-state index is 0.509. The quantitative estimate of drug-likeness (QED) is 0.909. The van der Waals surface area contributed by atoms with Gasteiger partial charge in [0.15, 0.2) is 0 Å². The van der Waals surface area contributed by atoms with Crippen molar-refractivity contribution in [2.75, 3.05) is 50.0 Å². The zero-order chi connectivity index (χ0) is 17.2. The van der Waals surface area contributed by atoms with Crippen LogP contribution in [-0.2, 0) is 0 Å². The Kier molecular flexibility index (Phi) is 4.46. The third-order valence-electron chi connectivity index (χ3n) is 4.54. The van der Waals surface area contributed by atoms with Crippen LogP contribution >= 0.6 is 11.6 Å². The van der Waals surface area contributed by atoms with Gasteiger partial charge in [-0.3, -0.25) is 4.90 Å². The highest BCUT2D eigenvalue weighted by atomic mass is 35.5. The Bertz CT molecular complexity index is 802. The minimum Gasteiger partial charge on any atom is -0.489 e. The lowest BCUT2D eigenvalue weighted by Crippen LogP contribution is -2.47. The van der Waals surface area contributed by atoms with Crippen LogP contribution in [-0.4, -0.2) is 54.2 Å². The summed E-state index contributed by atoms with van der Waals surface area (Å²) in [7, 11) is 0. The van der Waals surface area contributed by atoms with Gasteiger partial charge in [0.05, 0.1) is 0 Å². The maximum absolute atomic E-state index is 6.08. The van der Waals surface area contributed by atoms with Crippen molar-refractivity contribution in [2.24, 2.45) is 0 Å². The average Bonchev–Trinajstić information content (AvgIpc) is 2.62. The molecular formula is C18H20ClN5O. The number of nitrogens with zero attached hydrogens (tertiary/aromatic N) is 4. The molecule has 0 unspecified atom stereocenters. The van der Waals surface area contributed by atoms with Crippen LogP contribution in [0, 0.1) is 0 Å². The SMILES string of the molecule is Nc1cc(N2CCN(CC3=Cc4cc(Cl)ccc4OC3)CC2)ncn1. The molecule has 1 aromatic carbocycles. The fourth-order valence-corrected chi connectivity index (χ4v) is 3.42. The van der Waals surface area contributed by atoms with Crippen LogP contribution in [0.15, 0.2) is 36.2 Å². The van der Waals surface area contributed by atoms with Crippen LogP contribution in [0.4, 0.5) is 11.6 Å². The molecule has 0 atom stereocenters. The number of benzene rings is 1. The van der Waals surface area contributed by atoms with Crippen LogP contribution in [0.3, 0.4) is 0 Å². The van der Waals surface area contributed by atoms with Crippen LogP contribution in [0.25, 0.3) is 6.08 Å². The van der Waals surface area contributed by atoms with Crippen LogP contribution in [0.1, 0.15) is 5.56 Å². The second-order valence-corrected chi connectivity index (χ2v) is 6.77. The van der Waals surface area contributed by atoms with Gasteiger partial charge in [-0.15, -0.1) is 0 Å². The van der Waals surface area contributed by atoms with Gasteiger partial charge >= 0.3 is 0 Å². The first-order valence-electron chi connectivity index (χ1n) is 8.34. The molecule has 1 fully saturated rings. The lowest BCUT2D eigenvalue weighted by atomic mass is 10.1. The van der Waals surface area contributed by atoms with Crippen LogP contribution in [0.5, 0.6) is 5.75 Å². The number of nitrogens with two attached hydrogens (primary N) is 1. The Morgan fingerprint density at radius 3 is 2.76 bits per heavy atom. The molecule has 2 aliphatic rings. The monoisotopic (exact) mass is 357 g/mol. The number of ether oxygens (including phenoxy) is 1. The summed E-state index contributed by atoms with van der Waals surface area (Å²) in [6, 6.07) is 7.57. The van der Waals surface area contributed by atoms with Crippen molar-refractivity contribution in [2.45, 2.75) is 0 Å². The highest BCUT2D eigenvalue weighted by Crippen LogP contribution is 2.29. The molecule has 3 heterocycles. The van der Waals surface area contributed by atoms with Gasteiger partial charge in [-0.1, -0.05) is 11.6 Å². The van der Waals surface area contributed by atoms with E-state index in [0.717, 1.165) is 54.9 Å². The van der Waals surface area contributed by atoms with E-state index in [4.69, 9.17) is 22.1 Å².